The Hall–Kier alpha value is -2.70. The van der Waals surface area contributed by atoms with E-state index in [0.717, 1.165) is 29.7 Å². The zero-order valence-electron chi connectivity index (χ0n) is 21.4. The smallest absolute Gasteiger partial charge is 0.343 e. The number of aliphatic hydroxyl groups excluding tert-OH is 3. The van der Waals surface area contributed by atoms with E-state index in [1.807, 2.05) is 58.9 Å². The summed E-state index contributed by atoms with van der Waals surface area (Å²) in [6.07, 6.45) is -6.53. The van der Waals surface area contributed by atoms with Gasteiger partial charge in [0.1, 0.15) is 24.1 Å². The van der Waals surface area contributed by atoms with Gasteiger partial charge < -0.3 is 39.4 Å². The molecule has 2 aromatic rings. The largest absolute Gasteiger partial charge is 0.491 e. The van der Waals surface area contributed by atoms with Gasteiger partial charge in [-0.3, -0.25) is 4.68 Å². The lowest BCUT2D eigenvalue weighted by Gasteiger charge is -2.42. The average Bonchev–Trinajstić information content (AvgIpc) is 3.12. The highest BCUT2D eigenvalue weighted by molar-refractivity contribution is 5.80. The normalized spacial score (nSPS) is 25.2. The summed E-state index contributed by atoms with van der Waals surface area (Å²) in [5, 5.41) is 46.5. The molecule has 1 saturated heterocycles. The fraction of sp³-hybridized carbons (Fsp3) is 0.600. The Morgan fingerprint density at radius 3 is 2.39 bits per heavy atom. The SMILES string of the molecule is COC(=O)[C@]1(O)CO[C@H](C(O)Oc2nn(C(C)C)c(C)c2Cc2ccc(OC(C)C)cc2)[C@@H](O)[C@@H]1O. The van der Waals surface area contributed by atoms with Gasteiger partial charge >= 0.3 is 5.97 Å². The van der Waals surface area contributed by atoms with Crippen molar-refractivity contribution in [3.63, 3.8) is 0 Å². The summed E-state index contributed by atoms with van der Waals surface area (Å²) in [5.41, 5.74) is 0.0399. The van der Waals surface area contributed by atoms with Crippen LogP contribution < -0.4 is 9.47 Å². The summed E-state index contributed by atoms with van der Waals surface area (Å²) < 4.78 is 23.0. The number of aliphatic hydroxyl groups is 4. The zero-order valence-corrected chi connectivity index (χ0v) is 21.4. The molecule has 4 N–H and O–H groups in total. The number of aromatic nitrogens is 2. The van der Waals surface area contributed by atoms with Gasteiger partial charge in [0.25, 0.3) is 0 Å². The van der Waals surface area contributed by atoms with E-state index in [4.69, 9.17) is 14.2 Å². The number of carbonyl (C=O) groups is 1. The highest BCUT2D eigenvalue weighted by Crippen LogP contribution is 2.31. The molecule has 1 fully saturated rings. The van der Waals surface area contributed by atoms with Crippen molar-refractivity contribution < 1.29 is 44.2 Å². The number of hydrogen-bond acceptors (Lipinski definition) is 10. The van der Waals surface area contributed by atoms with Crippen molar-refractivity contribution in [2.75, 3.05) is 13.7 Å². The summed E-state index contributed by atoms with van der Waals surface area (Å²) in [7, 11) is 1.03. The molecule has 0 amide bonds. The van der Waals surface area contributed by atoms with Crippen LogP contribution in [0, 0.1) is 6.92 Å². The van der Waals surface area contributed by atoms with Gasteiger partial charge in [0.05, 0.1) is 19.8 Å². The molecular weight excluding hydrogens is 472 g/mol. The zero-order chi connectivity index (χ0) is 26.8. The minimum absolute atomic E-state index is 0.00784. The van der Waals surface area contributed by atoms with E-state index < -0.39 is 42.8 Å². The van der Waals surface area contributed by atoms with Crippen LogP contribution in [0.5, 0.6) is 11.6 Å². The van der Waals surface area contributed by atoms with Crippen LogP contribution in [0.1, 0.15) is 50.6 Å². The topological polar surface area (TPSA) is 153 Å². The van der Waals surface area contributed by atoms with Crippen molar-refractivity contribution in [1.29, 1.82) is 0 Å². The van der Waals surface area contributed by atoms with Gasteiger partial charge in [-0.1, -0.05) is 12.1 Å². The molecule has 11 heteroatoms. The van der Waals surface area contributed by atoms with E-state index in [9.17, 15) is 25.2 Å². The number of methoxy groups -OCH3 is 1. The maximum atomic E-state index is 11.9. The lowest BCUT2D eigenvalue weighted by molar-refractivity contribution is -0.272. The second-order valence-electron chi connectivity index (χ2n) is 9.53. The second-order valence-corrected chi connectivity index (χ2v) is 9.53. The highest BCUT2D eigenvalue weighted by atomic mass is 16.6. The van der Waals surface area contributed by atoms with Crippen LogP contribution in [0.25, 0.3) is 0 Å². The molecule has 0 spiro atoms. The van der Waals surface area contributed by atoms with Crippen LogP contribution in [0.4, 0.5) is 0 Å². The number of carbonyl (C=O) groups excluding carboxylic acids is 1. The first kappa shape index (κ1) is 27.9. The van der Waals surface area contributed by atoms with Crippen LogP contribution in [0.15, 0.2) is 24.3 Å². The van der Waals surface area contributed by atoms with Crippen molar-refractivity contribution in [2.45, 2.75) is 83.4 Å². The van der Waals surface area contributed by atoms with E-state index in [2.05, 4.69) is 9.84 Å². The third-order valence-electron chi connectivity index (χ3n) is 6.10. The number of benzene rings is 1. The summed E-state index contributed by atoms with van der Waals surface area (Å²) >= 11 is 0. The third kappa shape index (κ3) is 5.65. The maximum Gasteiger partial charge on any atom is 0.343 e. The van der Waals surface area contributed by atoms with Crippen LogP contribution >= 0.6 is 0 Å². The van der Waals surface area contributed by atoms with Crippen LogP contribution in [-0.2, 0) is 20.7 Å². The summed E-state index contributed by atoms with van der Waals surface area (Å²) in [6.45, 7) is 9.01. The highest BCUT2D eigenvalue weighted by Gasteiger charge is 2.56. The van der Waals surface area contributed by atoms with Crippen molar-refractivity contribution in [2.24, 2.45) is 0 Å². The molecule has 0 saturated carbocycles. The molecule has 11 nitrogen and oxygen atoms in total. The molecule has 0 bridgehead atoms. The molecule has 5 atom stereocenters. The van der Waals surface area contributed by atoms with Gasteiger partial charge in [-0.05, 0) is 52.3 Å². The minimum Gasteiger partial charge on any atom is -0.491 e. The molecule has 0 aliphatic carbocycles. The Morgan fingerprint density at radius 1 is 1.19 bits per heavy atom. The molecule has 0 radical (unpaired) electrons. The molecule has 1 aromatic heterocycles. The molecular formula is C25H36N2O9. The van der Waals surface area contributed by atoms with Crippen LogP contribution in [0.2, 0.25) is 0 Å². The van der Waals surface area contributed by atoms with Gasteiger partial charge in [-0.25, -0.2) is 4.79 Å². The summed E-state index contributed by atoms with van der Waals surface area (Å²) in [4.78, 5) is 11.9. The van der Waals surface area contributed by atoms with Gasteiger partial charge in [-0.2, -0.15) is 0 Å². The van der Waals surface area contributed by atoms with E-state index >= 15 is 0 Å². The number of rotatable bonds is 9. The predicted octanol–water partition coefficient (Wildman–Crippen LogP) is 0.872. The lowest BCUT2D eigenvalue weighted by atomic mass is 9.87. The quantitative estimate of drug-likeness (QED) is 0.284. The maximum absolute atomic E-state index is 11.9. The van der Waals surface area contributed by atoms with Gasteiger partial charge in [0, 0.05) is 23.7 Å². The fourth-order valence-electron chi connectivity index (χ4n) is 4.15. The fourth-order valence-corrected chi connectivity index (χ4v) is 4.15. The van der Waals surface area contributed by atoms with Gasteiger partial charge in [0.2, 0.25) is 17.8 Å². The third-order valence-corrected chi connectivity index (χ3v) is 6.10. The van der Waals surface area contributed by atoms with Crippen LogP contribution in [-0.4, -0.2) is 86.2 Å². The average molecular weight is 509 g/mol. The predicted molar refractivity (Wildman–Crippen MR) is 128 cm³/mol. The Bertz CT molecular complexity index is 1040. The number of esters is 1. The van der Waals surface area contributed by atoms with Crippen molar-refractivity contribution in [1.82, 2.24) is 9.78 Å². The number of hydrogen-bond donors (Lipinski definition) is 4. The molecule has 36 heavy (non-hydrogen) atoms. The van der Waals surface area contributed by atoms with Crippen molar-refractivity contribution in [3.05, 3.63) is 41.1 Å². The summed E-state index contributed by atoms with van der Waals surface area (Å²) in [6, 6.07) is 7.63. The standard InChI is InChI=1S/C25H36N2O9/c1-13(2)27-15(5)18(11-16-7-9-17(10-8-16)35-14(3)4)22(26-27)36-23(30)20-19(28)21(29)25(32,12-34-20)24(31)33-6/h7-10,13-14,19-21,23,28-30,32H,11-12H2,1-6H3/t19-,20+,21+,23?,25+/m1/s1. The first-order chi connectivity index (χ1) is 16.9. The molecule has 200 valence electrons. The Morgan fingerprint density at radius 2 is 1.83 bits per heavy atom. The van der Waals surface area contributed by atoms with Crippen molar-refractivity contribution >= 4 is 5.97 Å². The summed E-state index contributed by atoms with van der Waals surface area (Å²) in [5.74, 6) is -0.277. The first-order valence-corrected chi connectivity index (χ1v) is 11.9. The van der Waals surface area contributed by atoms with E-state index in [0.29, 0.717) is 6.42 Å². The van der Waals surface area contributed by atoms with Gasteiger partial charge in [-0.15, -0.1) is 5.10 Å². The monoisotopic (exact) mass is 508 g/mol. The molecule has 1 unspecified atom stereocenters. The Balaban J connectivity index is 1.82. The molecule has 1 aromatic carbocycles. The Labute approximate surface area is 210 Å². The first-order valence-electron chi connectivity index (χ1n) is 11.9. The lowest BCUT2D eigenvalue weighted by Crippen LogP contribution is -2.67. The Kier molecular flexibility index (Phi) is 8.63. The van der Waals surface area contributed by atoms with E-state index in [-0.39, 0.29) is 18.0 Å². The molecule has 1 aliphatic rings. The number of nitrogens with zero attached hydrogens (tertiary/aromatic N) is 2. The second kappa shape index (κ2) is 11.1. The number of ether oxygens (including phenoxy) is 4. The van der Waals surface area contributed by atoms with Gasteiger partial charge in [0.15, 0.2) is 0 Å². The van der Waals surface area contributed by atoms with E-state index in [1.54, 1.807) is 4.68 Å². The van der Waals surface area contributed by atoms with E-state index in [1.165, 1.54) is 0 Å². The molecule has 1 aliphatic heterocycles. The minimum atomic E-state index is -2.48. The van der Waals surface area contributed by atoms with Crippen LogP contribution in [0.3, 0.4) is 0 Å². The molecule has 3 rings (SSSR count). The van der Waals surface area contributed by atoms with Crippen molar-refractivity contribution in [3.8, 4) is 11.6 Å². The molecule has 2 heterocycles.